The second-order valence-corrected chi connectivity index (χ2v) is 16.5. The highest BCUT2D eigenvalue weighted by Gasteiger charge is 2.28. The summed E-state index contributed by atoms with van der Waals surface area (Å²) >= 11 is 24.0. The molecule has 2 aliphatic rings. The molecule has 0 aliphatic carbocycles. The Labute approximate surface area is 424 Å². The van der Waals surface area contributed by atoms with Gasteiger partial charge in [0.05, 0.1) is 45.6 Å². The van der Waals surface area contributed by atoms with Crippen LogP contribution in [0.25, 0.3) is 22.5 Å². The number of rotatable bonds is 9. The minimum Gasteiger partial charge on any atom is -0.477 e. The lowest BCUT2D eigenvalue weighted by atomic mass is 10.1. The van der Waals surface area contributed by atoms with E-state index in [1.54, 1.807) is 56.0 Å². The molecule has 2 aliphatic heterocycles. The average Bonchev–Trinajstić information content (AvgIpc) is 4.07. The molecule has 17 nitrogen and oxygen atoms in total. The molecule has 2 fully saturated rings. The Bertz CT molecular complexity index is 2710. The minimum atomic E-state index is -1.00. The number of piperazine rings is 2. The van der Waals surface area contributed by atoms with Gasteiger partial charge in [-0.15, -0.1) is 12.4 Å². The van der Waals surface area contributed by atoms with Crippen LogP contribution in [-0.2, 0) is 9.59 Å². The molecule has 4 aromatic carbocycles. The Morgan fingerprint density at radius 3 is 1.36 bits per heavy atom. The van der Waals surface area contributed by atoms with Gasteiger partial charge in [0.2, 0.25) is 11.8 Å². The molecule has 8 rings (SSSR count). The van der Waals surface area contributed by atoms with Crippen LogP contribution in [0.2, 0.25) is 20.1 Å². The molecule has 364 valence electrons. The van der Waals surface area contributed by atoms with Crippen molar-refractivity contribution in [1.82, 2.24) is 45.3 Å². The smallest absolute Gasteiger partial charge is 0.353 e. The van der Waals surface area contributed by atoms with E-state index in [4.69, 9.17) is 57.2 Å². The molecular weight excluding hydrogens is 994 g/mol. The topological polar surface area (TPSA) is 231 Å². The zero-order valence-electron chi connectivity index (χ0n) is 36.0. The van der Waals surface area contributed by atoms with E-state index < -0.39 is 11.9 Å². The number of halogens is 5. The minimum absolute atomic E-state index is 0. The number of nitrogens with one attached hydrogen (secondary N) is 3. The number of aromatic amines is 2. The second-order valence-electron chi connectivity index (χ2n) is 14.9. The Morgan fingerprint density at radius 2 is 0.957 bits per heavy atom. The number of amides is 5. The third-order valence-corrected chi connectivity index (χ3v) is 11.6. The summed E-state index contributed by atoms with van der Waals surface area (Å²) in [5, 5.41) is 26.1. The number of hydrogen-bond donors (Lipinski definition) is 5. The summed E-state index contributed by atoms with van der Waals surface area (Å²) in [6.07, 6.45) is 0. The largest absolute Gasteiger partial charge is 0.477 e. The normalized spacial score (nSPS) is 13.0. The SMILES string of the molecule is C.Cl.NCC(=O)N1CCN(C(=O)c2cc(Cl)ccc2Cl)CC1.O=C(NCC(=O)N1CCN(C(=O)c2cc(Cl)ccc2Cl)CC1)c1cc(-c2ccccc2)n[nH]1.O=C(O)c1cc(-c2ccccc2)n[nH]1. The van der Waals surface area contributed by atoms with Crippen LogP contribution < -0.4 is 11.1 Å². The number of carbonyl (C=O) groups is 6. The molecule has 22 heteroatoms. The summed E-state index contributed by atoms with van der Waals surface area (Å²) in [7, 11) is 0. The Morgan fingerprint density at radius 1 is 0.565 bits per heavy atom. The molecular formula is C47H49Cl5N10O7. The third-order valence-electron chi connectivity index (χ3n) is 10.5. The number of carbonyl (C=O) groups excluding carboxylic acids is 5. The van der Waals surface area contributed by atoms with Crippen molar-refractivity contribution in [2.24, 2.45) is 5.73 Å². The maximum Gasteiger partial charge on any atom is 0.353 e. The maximum absolute atomic E-state index is 12.7. The number of nitrogens with zero attached hydrogens (tertiary/aromatic N) is 6. The molecule has 0 spiro atoms. The fraction of sp³-hybridized carbons (Fsp3) is 0.234. The van der Waals surface area contributed by atoms with E-state index in [0.717, 1.165) is 11.1 Å². The van der Waals surface area contributed by atoms with Crippen LogP contribution in [0.3, 0.4) is 0 Å². The molecule has 2 aromatic heterocycles. The lowest BCUT2D eigenvalue weighted by Crippen LogP contribution is -2.52. The van der Waals surface area contributed by atoms with E-state index in [2.05, 4.69) is 25.7 Å². The van der Waals surface area contributed by atoms with E-state index in [9.17, 15) is 28.8 Å². The van der Waals surface area contributed by atoms with Crippen LogP contribution in [0, 0.1) is 0 Å². The molecule has 6 N–H and O–H groups in total. The predicted octanol–water partition coefficient (Wildman–Crippen LogP) is 7.17. The third kappa shape index (κ3) is 15.0. The zero-order chi connectivity index (χ0) is 48.0. The van der Waals surface area contributed by atoms with E-state index in [1.165, 1.54) is 12.1 Å². The second kappa shape index (κ2) is 26.3. The van der Waals surface area contributed by atoms with Crippen molar-refractivity contribution in [3.63, 3.8) is 0 Å². The van der Waals surface area contributed by atoms with Gasteiger partial charge in [-0.25, -0.2) is 4.79 Å². The number of H-pyrrole nitrogens is 2. The molecule has 2 saturated heterocycles. The van der Waals surface area contributed by atoms with E-state index >= 15 is 0 Å². The quantitative estimate of drug-likeness (QED) is 0.0980. The lowest BCUT2D eigenvalue weighted by molar-refractivity contribution is -0.132. The van der Waals surface area contributed by atoms with E-state index in [-0.39, 0.29) is 67.9 Å². The van der Waals surface area contributed by atoms with Crippen molar-refractivity contribution >= 4 is 94.3 Å². The first-order chi connectivity index (χ1) is 32.2. The zero-order valence-corrected chi connectivity index (χ0v) is 39.9. The number of hydrogen-bond acceptors (Lipinski definition) is 9. The number of carboxylic acid groups (broad SMARTS) is 1. The van der Waals surface area contributed by atoms with Crippen molar-refractivity contribution in [2.45, 2.75) is 7.43 Å². The molecule has 0 unspecified atom stereocenters. The van der Waals surface area contributed by atoms with Crippen molar-refractivity contribution in [3.05, 3.63) is 152 Å². The van der Waals surface area contributed by atoms with Gasteiger partial charge in [-0.1, -0.05) is 114 Å². The Kier molecular flexibility index (Phi) is 21.0. The first-order valence-electron chi connectivity index (χ1n) is 20.7. The summed E-state index contributed by atoms with van der Waals surface area (Å²) < 4.78 is 0. The van der Waals surface area contributed by atoms with E-state index in [0.29, 0.717) is 95.0 Å². The summed E-state index contributed by atoms with van der Waals surface area (Å²) in [6, 6.07) is 31.6. The van der Waals surface area contributed by atoms with Crippen LogP contribution in [0.1, 0.15) is 49.1 Å². The highest BCUT2D eigenvalue weighted by atomic mass is 35.5. The molecule has 0 saturated carbocycles. The van der Waals surface area contributed by atoms with Crippen LogP contribution >= 0.6 is 58.8 Å². The summed E-state index contributed by atoms with van der Waals surface area (Å²) in [5.74, 6) is -2.13. The van der Waals surface area contributed by atoms with E-state index in [1.807, 2.05) is 60.7 Å². The van der Waals surface area contributed by atoms with Gasteiger partial charge < -0.3 is 35.8 Å². The fourth-order valence-electron chi connectivity index (χ4n) is 6.86. The standard InChI is InChI=1S/C23H21Cl2N5O3.C13H15Cl2N3O2.C10H8N2O2.CH4.ClH/c24-16-6-7-18(25)17(12-16)23(33)30-10-8-29(9-11-30)21(31)14-26-22(32)20-13-19(27-28-20)15-4-2-1-3-5-15;14-9-1-2-11(15)10(7-9)13(20)18-5-3-17(4-6-18)12(19)8-16;13-10(14)9-6-8(11-12-9)7-4-2-1-3-5-7;;/h1-7,12-13H,8-11,14H2,(H,26,32)(H,27,28);1-2,7H,3-6,8,16H2;1-6H,(H,11,12)(H,13,14);1H4;1H. The van der Waals surface area contributed by atoms with Crippen molar-refractivity contribution in [2.75, 3.05) is 65.4 Å². The molecule has 6 aromatic rings. The number of nitrogens with two attached hydrogens (primary N) is 1. The van der Waals surface area contributed by atoms with Gasteiger partial charge in [-0.05, 0) is 48.5 Å². The number of aromatic carboxylic acids is 1. The summed E-state index contributed by atoms with van der Waals surface area (Å²) in [6.45, 7) is 3.20. The van der Waals surface area contributed by atoms with Crippen LogP contribution in [-0.4, -0.2) is 146 Å². The molecule has 69 heavy (non-hydrogen) atoms. The monoisotopic (exact) mass is 1040 g/mol. The summed E-state index contributed by atoms with van der Waals surface area (Å²) in [4.78, 5) is 78.7. The highest BCUT2D eigenvalue weighted by Crippen LogP contribution is 2.25. The van der Waals surface area contributed by atoms with Gasteiger partial charge in [-0.2, -0.15) is 10.2 Å². The first kappa shape index (κ1) is 55.1. The molecule has 5 amide bonds. The Balaban J connectivity index is 0.000000245. The Hall–Kier alpha value is -6.47. The lowest BCUT2D eigenvalue weighted by Gasteiger charge is -2.35. The summed E-state index contributed by atoms with van der Waals surface area (Å²) in [5.41, 5.74) is 9.49. The maximum atomic E-state index is 12.7. The van der Waals surface area contributed by atoms with Gasteiger partial charge in [0.25, 0.3) is 17.7 Å². The first-order valence-corrected chi connectivity index (χ1v) is 22.2. The molecule has 0 atom stereocenters. The molecule has 0 bridgehead atoms. The fourth-order valence-corrected chi connectivity index (χ4v) is 7.60. The van der Waals surface area contributed by atoms with Gasteiger partial charge in [0.15, 0.2) is 0 Å². The number of carboxylic acids is 1. The van der Waals surface area contributed by atoms with Gasteiger partial charge in [-0.3, -0.25) is 34.2 Å². The van der Waals surface area contributed by atoms with Crippen molar-refractivity contribution in [1.29, 1.82) is 0 Å². The van der Waals surface area contributed by atoms with Crippen molar-refractivity contribution in [3.8, 4) is 22.5 Å². The average molecular weight is 1040 g/mol. The van der Waals surface area contributed by atoms with Crippen LogP contribution in [0.5, 0.6) is 0 Å². The van der Waals surface area contributed by atoms with Gasteiger partial charge in [0, 0.05) is 73.5 Å². The van der Waals surface area contributed by atoms with Gasteiger partial charge >= 0.3 is 5.97 Å². The number of aromatic nitrogens is 4. The highest BCUT2D eigenvalue weighted by molar-refractivity contribution is 6.36. The number of benzene rings is 4. The molecule has 4 heterocycles. The predicted molar refractivity (Wildman–Crippen MR) is 268 cm³/mol. The van der Waals surface area contributed by atoms with Crippen molar-refractivity contribution < 1.29 is 33.9 Å². The molecule has 0 radical (unpaired) electrons. The van der Waals surface area contributed by atoms with Gasteiger partial charge in [0.1, 0.15) is 11.4 Å². The van der Waals surface area contributed by atoms with Crippen LogP contribution in [0.15, 0.2) is 109 Å². The van der Waals surface area contributed by atoms with Crippen LogP contribution in [0.4, 0.5) is 0 Å².